The van der Waals surface area contributed by atoms with Crippen molar-refractivity contribution in [2.24, 2.45) is 5.73 Å². The van der Waals surface area contributed by atoms with Gasteiger partial charge < -0.3 is 25.1 Å². The predicted octanol–water partition coefficient (Wildman–Crippen LogP) is 3.16. The normalized spacial score (nSPS) is 14.5. The number of nitrogens with two attached hydrogens (primary N) is 1. The molecule has 1 saturated heterocycles. The molecule has 0 bridgehead atoms. The third kappa shape index (κ3) is 11.2. The standard InChI is InChI=1S/C24H33N5O3.C7H8.CH2O/c1-4-18-5-7-19(8-6-18)13-26-27(2)16-24(31)29-17-23(30)28(15-22(29)25)14-20-9-11-21(32-3)12-10-20;1-7-5-3-2-4-6-7;1-2/h5-12,22,26H,4,13-17,25H2,1-3H3;2-6H,1H3;1H2. The van der Waals surface area contributed by atoms with E-state index in [1.54, 1.807) is 17.0 Å². The summed E-state index contributed by atoms with van der Waals surface area (Å²) in [6, 6.07) is 26.2. The average molecular weight is 562 g/mol. The molecule has 1 aliphatic rings. The average Bonchev–Trinajstić information content (AvgIpc) is 3.00. The van der Waals surface area contributed by atoms with Gasteiger partial charge in [-0.3, -0.25) is 15.0 Å². The van der Waals surface area contributed by atoms with E-state index in [2.05, 4.69) is 55.7 Å². The fourth-order valence-electron chi connectivity index (χ4n) is 4.17. The molecule has 3 aromatic rings. The van der Waals surface area contributed by atoms with Crippen LogP contribution in [0.2, 0.25) is 0 Å². The highest BCUT2D eigenvalue weighted by atomic mass is 16.5. The summed E-state index contributed by atoms with van der Waals surface area (Å²) in [5.41, 5.74) is 14.2. The quantitative estimate of drug-likeness (QED) is 0.387. The van der Waals surface area contributed by atoms with Gasteiger partial charge in [-0.05, 0) is 42.2 Å². The van der Waals surface area contributed by atoms with Crippen LogP contribution in [0.1, 0.15) is 29.2 Å². The molecule has 3 N–H and O–H groups in total. The largest absolute Gasteiger partial charge is 0.497 e. The van der Waals surface area contributed by atoms with Gasteiger partial charge in [0.1, 0.15) is 19.1 Å². The van der Waals surface area contributed by atoms with Crippen molar-refractivity contribution in [1.82, 2.24) is 20.2 Å². The van der Waals surface area contributed by atoms with Gasteiger partial charge in [0.25, 0.3) is 0 Å². The third-order valence-electron chi connectivity index (χ3n) is 6.62. The van der Waals surface area contributed by atoms with E-state index in [1.165, 1.54) is 16.0 Å². The second-order valence-corrected chi connectivity index (χ2v) is 9.73. The zero-order valence-corrected chi connectivity index (χ0v) is 24.6. The number of likely N-dealkylation sites (N-methyl/N-ethyl adjacent to an activating group) is 1. The molecule has 1 atom stereocenters. The van der Waals surface area contributed by atoms with Crippen molar-refractivity contribution in [1.29, 1.82) is 0 Å². The minimum atomic E-state index is -0.534. The molecule has 3 aromatic carbocycles. The molecule has 0 saturated carbocycles. The fraction of sp³-hybridized carbons (Fsp3) is 0.344. The van der Waals surface area contributed by atoms with Crippen LogP contribution in [0.4, 0.5) is 0 Å². The van der Waals surface area contributed by atoms with Crippen LogP contribution in [0.3, 0.4) is 0 Å². The van der Waals surface area contributed by atoms with Gasteiger partial charge in [-0.25, -0.2) is 5.01 Å². The first-order valence-corrected chi connectivity index (χ1v) is 13.6. The van der Waals surface area contributed by atoms with Crippen LogP contribution in [0.15, 0.2) is 78.9 Å². The molecule has 9 nitrogen and oxygen atoms in total. The predicted molar refractivity (Wildman–Crippen MR) is 162 cm³/mol. The van der Waals surface area contributed by atoms with Crippen LogP contribution in [0, 0.1) is 6.92 Å². The Morgan fingerprint density at radius 3 is 2.12 bits per heavy atom. The number of aryl methyl sites for hydroxylation is 2. The van der Waals surface area contributed by atoms with E-state index in [0.29, 0.717) is 19.6 Å². The molecule has 1 fully saturated rings. The first kappa shape index (κ1) is 33.2. The van der Waals surface area contributed by atoms with E-state index in [4.69, 9.17) is 15.3 Å². The van der Waals surface area contributed by atoms with Gasteiger partial charge in [0, 0.05) is 20.1 Å². The highest BCUT2D eigenvalue weighted by Gasteiger charge is 2.33. The van der Waals surface area contributed by atoms with Crippen LogP contribution in [0.5, 0.6) is 5.75 Å². The summed E-state index contributed by atoms with van der Waals surface area (Å²) < 4.78 is 5.17. The molecule has 0 spiro atoms. The maximum atomic E-state index is 12.8. The van der Waals surface area contributed by atoms with Crippen molar-refractivity contribution in [3.8, 4) is 5.75 Å². The molecular weight excluding hydrogens is 518 g/mol. The Morgan fingerprint density at radius 2 is 1.59 bits per heavy atom. The summed E-state index contributed by atoms with van der Waals surface area (Å²) in [7, 11) is 3.43. The monoisotopic (exact) mass is 561 g/mol. The number of ether oxygens (including phenoxy) is 1. The van der Waals surface area contributed by atoms with Gasteiger partial charge >= 0.3 is 0 Å². The Balaban J connectivity index is 0.000000561. The van der Waals surface area contributed by atoms with Gasteiger partial charge in [0.05, 0.1) is 26.4 Å². The fourth-order valence-corrected chi connectivity index (χ4v) is 4.17. The van der Waals surface area contributed by atoms with Gasteiger partial charge in [0.15, 0.2) is 0 Å². The van der Waals surface area contributed by atoms with Crippen LogP contribution in [-0.2, 0) is 33.9 Å². The molecule has 9 heteroatoms. The smallest absolute Gasteiger partial charge is 0.242 e. The van der Waals surface area contributed by atoms with Gasteiger partial charge in [0.2, 0.25) is 11.8 Å². The Labute approximate surface area is 243 Å². The number of hydrogen-bond donors (Lipinski definition) is 2. The van der Waals surface area contributed by atoms with E-state index in [1.807, 2.05) is 56.3 Å². The molecule has 220 valence electrons. The number of piperazine rings is 1. The molecule has 0 aliphatic carbocycles. The number of benzene rings is 3. The minimum Gasteiger partial charge on any atom is -0.497 e. The van der Waals surface area contributed by atoms with Crippen LogP contribution < -0.4 is 15.9 Å². The molecular formula is C32H43N5O4. The first-order valence-electron chi connectivity index (χ1n) is 13.6. The molecule has 0 aromatic heterocycles. The van der Waals surface area contributed by atoms with E-state index < -0.39 is 6.17 Å². The van der Waals surface area contributed by atoms with Crippen LogP contribution >= 0.6 is 0 Å². The minimum absolute atomic E-state index is 0.0114. The summed E-state index contributed by atoms with van der Waals surface area (Å²) in [5.74, 6) is 0.483. The number of hydrazine groups is 1. The number of carbonyl (C=O) groups excluding carboxylic acids is 3. The number of methoxy groups -OCH3 is 1. The summed E-state index contributed by atoms with van der Waals surface area (Å²) in [4.78, 5) is 36.6. The van der Waals surface area contributed by atoms with E-state index in [9.17, 15) is 9.59 Å². The summed E-state index contributed by atoms with van der Waals surface area (Å²) >= 11 is 0. The van der Waals surface area contributed by atoms with Crippen molar-refractivity contribution in [2.75, 3.05) is 33.8 Å². The summed E-state index contributed by atoms with van der Waals surface area (Å²) in [5, 5.41) is 1.73. The molecule has 4 rings (SSSR count). The SMILES string of the molecule is C=O.CCc1ccc(CNN(C)CC(=O)N2CC(=O)N(Cc3ccc(OC)cc3)CC2N)cc1.Cc1ccccc1. The van der Waals surface area contributed by atoms with E-state index in [0.717, 1.165) is 23.3 Å². The third-order valence-corrected chi connectivity index (χ3v) is 6.62. The zero-order chi connectivity index (χ0) is 30.2. The van der Waals surface area contributed by atoms with E-state index in [-0.39, 0.29) is 24.9 Å². The lowest BCUT2D eigenvalue weighted by Gasteiger charge is -2.39. The Morgan fingerprint density at radius 1 is 1.00 bits per heavy atom. The molecule has 0 radical (unpaired) electrons. The second-order valence-electron chi connectivity index (χ2n) is 9.73. The summed E-state index contributed by atoms with van der Waals surface area (Å²) in [6.45, 7) is 7.71. The Hall–Kier alpha value is -4.05. The molecule has 1 unspecified atom stereocenters. The zero-order valence-electron chi connectivity index (χ0n) is 24.6. The van der Waals surface area contributed by atoms with Crippen molar-refractivity contribution in [2.45, 2.75) is 39.5 Å². The van der Waals surface area contributed by atoms with Crippen LogP contribution in [-0.4, -0.2) is 73.4 Å². The molecule has 1 heterocycles. The number of carbonyl (C=O) groups is 3. The molecule has 41 heavy (non-hydrogen) atoms. The lowest BCUT2D eigenvalue weighted by Crippen LogP contribution is -2.62. The van der Waals surface area contributed by atoms with Gasteiger partial charge in [-0.1, -0.05) is 79.2 Å². The van der Waals surface area contributed by atoms with Crippen LogP contribution in [0.25, 0.3) is 0 Å². The number of hydrogen-bond acceptors (Lipinski definition) is 7. The first-order chi connectivity index (χ1) is 19.8. The number of nitrogens with one attached hydrogen (secondary N) is 1. The maximum Gasteiger partial charge on any atom is 0.242 e. The second kappa shape index (κ2) is 17.6. The topological polar surface area (TPSA) is 108 Å². The van der Waals surface area contributed by atoms with Gasteiger partial charge in [-0.15, -0.1) is 0 Å². The lowest BCUT2D eigenvalue weighted by molar-refractivity contribution is -0.150. The van der Waals surface area contributed by atoms with Crippen molar-refractivity contribution >= 4 is 18.6 Å². The van der Waals surface area contributed by atoms with Crippen molar-refractivity contribution in [3.05, 3.63) is 101 Å². The van der Waals surface area contributed by atoms with Crippen molar-refractivity contribution in [3.63, 3.8) is 0 Å². The van der Waals surface area contributed by atoms with Crippen molar-refractivity contribution < 1.29 is 19.1 Å². The van der Waals surface area contributed by atoms with E-state index >= 15 is 0 Å². The highest BCUT2D eigenvalue weighted by molar-refractivity contribution is 5.87. The lowest BCUT2D eigenvalue weighted by atomic mass is 10.1. The summed E-state index contributed by atoms with van der Waals surface area (Å²) in [6.07, 6.45) is 0.475. The molecule has 2 amide bonds. The highest BCUT2D eigenvalue weighted by Crippen LogP contribution is 2.16. The molecule has 1 aliphatic heterocycles. The Bertz CT molecular complexity index is 1190. The number of rotatable bonds is 9. The Kier molecular flexibility index (Phi) is 14.2. The maximum absolute atomic E-state index is 12.8. The van der Waals surface area contributed by atoms with Gasteiger partial charge in [-0.2, -0.15) is 0 Å². The number of amides is 2. The number of nitrogens with zero attached hydrogens (tertiary/aromatic N) is 3.